The predicted molar refractivity (Wildman–Crippen MR) is 159 cm³/mol. The monoisotopic (exact) mass is 546 g/mol. The van der Waals surface area contributed by atoms with Crippen LogP contribution in [-0.4, -0.2) is 85.5 Å². The number of hydrogen-bond acceptors (Lipinski definition) is 6. The van der Waals surface area contributed by atoms with Crippen LogP contribution in [0.5, 0.6) is 0 Å². The molecule has 202 valence electrons. The number of piperidine rings is 1. The molecule has 2 aliphatic rings. The third-order valence-corrected chi connectivity index (χ3v) is 8.37. The lowest BCUT2D eigenvalue weighted by Crippen LogP contribution is -2.57. The summed E-state index contributed by atoms with van der Waals surface area (Å²) in [6, 6.07) is 14.3. The van der Waals surface area contributed by atoms with E-state index in [0.717, 1.165) is 69.9 Å². The van der Waals surface area contributed by atoms with Crippen LogP contribution < -0.4 is 10.2 Å². The topological polar surface area (TPSA) is 64.6 Å². The Morgan fingerprint density at radius 1 is 1.05 bits per heavy atom. The first kappa shape index (κ1) is 27.6. The van der Waals surface area contributed by atoms with Gasteiger partial charge in [-0.25, -0.2) is 9.37 Å². The molecule has 0 aliphatic carbocycles. The van der Waals surface area contributed by atoms with Crippen LogP contribution in [0, 0.1) is 5.82 Å². The number of anilines is 2. The molecule has 0 atom stereocenters. The van der Waals surface area contributed by atoms with E-state index < -0.39 is 0 Å². The van der Waals surface area contributed by atoms with E-state index in [2.05, 4.69) is 40.7 Å². The largest absolute Gasteiger partial charge is 0.355 e. The minimum atomic E-state index is -0.296. The zero-order chi connectivity index (χ0) is 27.4. The second-order valence-corrected chi connectivity index (χ2v) is 11.5. The van der Waals surface area contributed by atoms with Crippen molar-refractivity contribution in [3.63, 3.8) is 0 Å². The minimum Gasteiger partial charge on any atom is -0.355 e. The fraction of sp³-hybridized carbons (Fsp3) is 0.393. The first-order chi connectivity index (χ1) is 18.8. The van der Waals surface area contributed by atoms with Gasteiger partial charge in [-0.05, 0) is 79.7 Å². The number of nitrogens with one attached hydrogen (secondary N) is 1. The Hall–Kier alpha value is -2.94. The van der Waals surface area contributed by atoms with Gasteiger partial charge in [0.25, 0.3) is 5.91 Å². The van der Waals surface area contributed by atoms with Crippen LogP contribution in [0.4, 0.5) is 15.9 Å². The Labute approximate surface area is 236 Å². The average Bonchev–Trinajstić information content (AvgIpc) is 3.09. The van der Waals surface area contributed by atoms with Gasteiger partial charge in [0, 0.05) is 55.3 Å². The first-order valence-electron chi connectivity index (χ1n) is 13.6. The number of carbonyl (C=O) groups excluding carboxylic acids is 1. The number of halogens is 2. The van der Waals surface area contributed by atoms with E-state index in [9.17, 15) is 9.18 Å². The van der Waals surface area contributed by atoms with E-state index in [-0.39, 0.29) is 17.1 Å². The Morgan fingerprint density at radius 2 is 1.82 bits per heavy atom. The molecule has 7 nitrogen and oxygen atoms in total. The highest BCUT2D eigenvalue weighted by Gasteiger charge is 2.36. The maximum absolute atomic E-state index is 13.4. The average molecular weight is 547 g/mol. The number of likely N-dealkylation sites (tertiary alicyclic amines) is 1. The third kappa shape index (κ3) is 6.80. The molecule has 2 fully saturated rings. The van der Waals surface area contributed by atoms with Crippen molar-refractivity contribution < 1.29 is 9.18 Å². The van der Waals surface area contributed by atoms with Gasteiger partial charge < -0.3 is 15.1 Å². The quantitative estimate of drug-likeness (QED) is 0.480. The molecule has 2 saturated heterocycles. The van der Waals surface area contributed by atoms with Crippen molar-refractivity contribution in [1.29, 1.82) is 0 Å². The van der Waals surface area contributed by atoms with Crippen molar-refractivity contribution >= 4 is 44.7 Å². The van der Waals surface area contributed by atoms with Crippen molar-refractivity contribution in [1.82, 2.24) is 19.8 Å². The molecule has 3 aromatic rings. The molecular weight excluding hydrogens is 512 g/mol. The van der Waals surface area contributed by atoms with E-state index in [1.807, 2.05) is 12.1 Å². The Bertz CT molecular complexity index is 1290. The zero-order valence-electron chi connectivity index (χ0n) is 22.6. The van der Waals surface area contributed by atoms with Crippen LogP contribution >= 0.6 is 11.6 Å². The summed E-state index contributed by atoms with van der Waals surface area (Å²) in [6.45, 7) is 5.41. The lowest BCUT2D eigenvalue weighted by Gasteiger charge is -2.46. The van der Waals surface area contributed by atoms with Gasteiger partial charge in [-0.15, -0.1) is 0 Å². The summed E-state index contributed by atoms with van der Waals surface area (Å²) >= 11 is 6.27. The molecule has 39 heavy (non-hydrogen) atoms. The molecule has 1 N–H and O–H groups in total. The third-order valence-electron chi connectivity index (χ3n) is 8.02. The first-order valence-corrected chi connectivity index (χ1v) is 14.0. The highest BCUT2D eigenvalue weighted by Crippen LogP contribution is 2.29. The SMILES string of the molecule is BC1(B)CCN(c2cccc(C(=O)Nc3ccncc3)n2)CCN1C1CCN(Cc2ccc(F)cc2Cl)CC1. The van der Waals surface area contributed by atoms with Gasteiger partial charge in [0.1, 0.15) is 33.0 Å². The molecule has 4 heterocycles. The van der Waals surface area contributed by atoms with Crippen LogP contribution in [-0.2, 0) is 6.54 Å². The van der Waals surface area contributed by atoms with Crippen molar-refractivity contribution in [2.75, 3.05) is 42.9 Å². The van der Waals surface area contributed by atoms with Crippen molar-refractivity contribution in [2.45, 2.75) is 37.2 Å². The highest BCUT2D eigenvalue weighted by molar-refractivity contribution is 6.40. The van der Waals surface area contributed by atoms with Crippen molar-refractivity contribution in [3.05, 3.63) is 83.0 Å². The van der Waals surface area contributed by atoms with Crippen molar-refractivity contribution in [2.24, 2.45) is 0 Å². The van der Waals surface area contributed by atoms with Crippen LogP contribution in [0.3, 0.4) is 0 Å². The molecule has 11 heteroatoms. The van der Waals surface area contributed by atoms with Crippen molar-refractivity contribution in [3.8, 4) is 0 Å². The number of pyridine rings is 2. The summed E-state index contributed by atoms with van der Waals surface area (Å²) < 4.78 is 13.4. The molecule has 5 rings (SSSR count). The van der Waals surface area contributed by atoms with E-state index in [1.54, 1.807) is 36.7 Å². The van der Waals surface area contributed by atoms with Gasteiger partial charge in [-0.3, -0.25) is 14.7 Å². The number of benzene rings is 1. The van der Waals surface area contributed by atoms with E-state index in [4.69, 9.17) is 16.6 Å². The van der Waals surface area contributed by atoms with Crippen LogP contribution in [0.2, 0.25) is 5.02 Å². The van der Waals surface area contributed by atoms with Crippen LogP contribution in [0.1, 0.15) is 35.3 Å². The number of hydrogen-bond donors (Lipinski definition) is 1. The molecule has 0 unspecified atom stereocenters. The Kier molecular flexibility index (Phi) is 8.54. The number of aromatic nitrogens is 2. The minimum absolute atomic E-state index is 0.0538. The smallest absolute Gasteiger partial charge is 0.274 e. The molecule has 1 aromatic carbocycles. The summed E-state index contributed by atoms with van der Waals surface area (Å²) in [5.74, 6) is 0.310. The maximum Gasteiger partial charge on any atom is 0.274 e. The lowest BCUT2D eigenvalue weighted by atomic mass is 9.58. The molecule has 1 amide bonds. The lowest BCUT2D eigenvalue weighted by molar-refractivity contribution is 0.0866. The predicted octanol–water partition coefficient (Wildman–Crippen LogP) is 2.62. The number of amides is 1. The maximum atomic E-state index is 13.4. The molecule has 0 radical (unpaired) electrons. The number of carbonyl (C=O) groups is 1. The molecule has 0 bridgehead atoms. The normalized spacial score (nSPS) is 19.0. The Morgan fingerprint density at radius 3 is 2.56 bits per heavy atom. The Balaban J connectivity index is 1.20. The molecular formula is C28H34B2ClFN6O. The van der Waals surface area contributed by atoms with Crippen LogP contribution in [0.25, 0.3) is 0 Å². The summed E-state index contributed by atoms with van der Waals surface area (Å²) in [5, 5.41) is 3.44. The summed E-state index contributed by atoms with van der Waals surface area (Å²) in [6.07, 6.45) is 6.48. The summed E-state index contributed by atoms with van der Waals surface area (Å²) in [5.41, 5.74) is 2.07. The van der Waals surface area contributed by atoms with Gasteiger partial charge in [0.05, 0.1) is 0 Å². The highest BCUT2D eigenvalue weighted by atomic mass is 35.5. The van der Waals surface area contributed by atoms with Gasteiger partial charge in [0.15, 0.2) is 0 Å². The summed E-state index contributed by atoms with van der Waals surface area (Å²) in [7, 11) is 4.68. The number of rotatable bonds is 6. The summed E-state index contributed by atoms with van der Waals surface area (Å²) in [4.78, 5) is 28.9. The van der Waals surface area contributed by atoms with Gasteiger partial charge in [-0.1, -0.05) is 23.7 Å². The van der Waals surface area contributed by atoms with Gasteiger partial charge >= 0.3 is 0 Å². The molecule has 2 aromatic heterocycles. The van der Waals surface area contributed by atoms with E-state index in [0.29, 0.717) is 22.4 Å². The van der Waals surface area contributed by atoms with Gasteiger partial charge in [-0.2, -0.15) is 0 Å². The van der Waals surface area contributed by atoms with E-state index in [1.165, 1.54) is 12.1 Å². The second-order valence-electron chi connectivity index (χ2n) is 11.1. The standard InChI is InChI=1S/C28H34B2ClFN6O/c29-28(30)10-15-37(26-3-1-2-25(35-26)27(39)34-22-6-11-33-12-7-22)16-17-38(28)23-8-13-36(14-9-23)19-20-4-5-21(32)18-24(20)31/h1-7,11-12,18,23H,8-10,13-17,19,29-30H2,(H,33,34,39). The van der Waals surface area contributed by atoms with Crippen LogP contribution in [0.15, 0.2) is 60.9 Å². The molecule has 0 saturated carbocycles. The molecule has 0 spiro atoms. The molecule has 2 aliphatic heterocycles. The fourth-order valence-corrected chi connectivity index (χ4v) is 5.96. The number of nitrogens with zero attached hydrogens (tertiary/aromatic N) is 5. The second kappa shape index (κ2) is 12.1. The van der Waals surface area contributed by atoms with E-state index >= 15 is 0 Å². The zero-order valence-corrected chi connectivity index (χ0v) is 23.4. The fourth-order valence-electron chi connectivity index (χ4n) is 5.74. The van der Waals surface area contributed by atoms with Gasteiger partial charge in [0.2, 0.25) is 0 Å².